The van der Waals surface area contributed by atoms with Crippen LogP contribution in [0.1, 0.15) is 0 Å². The van der Waals surface area contributed by atoms with Crippen molar-refractivity contribution in [2.75, 3.05) is 0 Å². The van der Waals surface area contributed by atoms with E-state index in [2.05, 4.69) is 20.1 Å². The summed E-state index contributed by atoms with van der Waals surface area (Å²) in [5.74, 6) is 2.34. The largest absolute Gasteiger partial charge is 0.457 e. The Morgan fingerprint density at radius 3 is 2.46 bits per heavy atom. The topological polar surface area (TPSA) is 68.6 Å². The Kier molecular flexibility index (Phi) is 3.87. The van der Waals surface area contributed by atoms with E-state index in [9.17, 15) is 0 Å². The van der Waals surface area contributed by atoms with Crippen LogP contribution in [0.3, 0.4) is 0 Å². The summed E-state index contributed by atoms with van der Waals surface area (Å²) in [6, 6.07) is 21.5. The van der Waals surface area contributed by atoms with Gasteiger partial charge in [-0.15, -0.1) is 0 Å². The number of hydrogen-bond acceptors (Lipinski definition) is 4. The van der Waals surface area contributed by atoms with E-state index in [4.69, 9.17) is 4.74 Å². The molecule has 0 saturated carbocycles. The molecule has 5 rings (SSSR count). The highest BCUT2D eigenvalue weighted by molar-refractivity contribution is 5.82. The van der Waals surface area contributed by atoms with E-state index in [1.54, 1.807) is 10.9 Å². The van der Waals surface area contributed by atoms with Crippen molar-refractivity contribution >= 4 is 11.2 Å². The zero-order valence-corrected chi connectivity index (χ0v) is 15.2. The zero-order valence-electron chi connectivity index (χ0n) is 15.2. The molecule has 5 aromatic rings. The molecule has 0 amide bonds. The van der Waals surface area contributed by atoms with Crippen molar-refractivity contribution in [2.45, 2.75) is 0 Å². The van der Waals surface area contributed by atoms with Gasteiger partial charge in [0.2, 0.25) is 0 Å². The van der Waals surface area contributed by atoms with Crippen molar-refractivity contribution < 1.29 is 4.74 Å². The van der Waals surface area contributed by atoms with Gasteiger partial charge < -0.3 is 9.72 Å². The third kappa shape index (κ3) is 3.01. The minimum atomic E-state index is 0.693. The van der Waals surface area contributed by atoms with E-state index in [0.717, 1.165) is 39.7 Å². The third-order valence-corrected chi connectivity index (χ3v) is 4.45. The number of aromatic amines is 1. The lowest BCUT2D eigenvalue weighted by Gasteiger charge is -2.06. The molecule has 0 radical (unpaired) electrons. The maximum atomic E-state index is 5.88. The van der Waals surface area contributed by atoms with E-state index >= 15 is 0 Å². The van der Waals surface area contributed by atoms with Gasteiger partial charge in [0.05, 0.1) is 11.1 Å². The molecule has 0 fully saturated rings. The molecule has 0 saturated heterocycles. The van der Waals surface area contributed by atoms with Crippen molar-refractivity contribution in [3.63, 3.8) is 0 Å². The standard InChI is InChI=1S/C22H17N5O/c1-27-14-18(21-24-19-8-5-13-23-22(19)25-21)20(26-27)15-9-11-17(12-10-15)28-16-6-3-2-4-7-16/h2-14H,1H3,(H,23,24,25). The number of fused-ring (bicyclic) bond motifs is 1. The van der Waals surface area contributed by atoms with Gasteiger partial charge in [-0.05, 0) is 48.5 Å². The molecule has 1 N–H and O–H groups in total. The molecule has 136 valence electrons. The molecule has 0 aliphatic heterocycles. The fourth-order valence-electron chi connectivity index (χ4n) is 3.15. The average Bonchev–Trinajstić information content (AvgIpc) is 3.32. The number of benzene rings is 2. The Bertz CT molecular complexity index is 1210. The van der Waals surface area contributed by atoms with Crippen LogP contribution in [0.25, 0.3) is 33.8 Å². The van der Waals surface area contributed by atoms with Crippen LogP contribution in [0, 0.1) is 0 Å². The summed E-state index contributed by atoms with van der Waals surface area (Å²) < 4.78 is 7.67. The monoisotopic (exact) mass is 367 g/mol. The number of nitrogens with one attached hydrogen (secondary N) is 1. The third-order valence-electron chi connectivity index (χ3n) is 4.45. The summed E-state index contributed by atoms with van der Waals surface area (Å²) in [4.78, 5) is 12.2. The van der Waals surface area contributed by atoms with Crippen molar-refractivity contribution in [1.82, 2.24) is 24.7 Å². The van der Waals surface area contributed by atoms with E-state index in [1.165, 1.54) is 0 Å². The number of para-hydroxylation sites is 1. The number of aryl methyl sites for hydroxylation is 1. The van der Waals surface area contributed by atoms with Gasteiger partial charge in [-0.25, -0.2) is 9.97 Å². The SMILES string of the molecule is Cn1cc(-c2nc3ncccc3[nH]2)c(-c2ccc(Oc3ccccc3)cc2)n1. The molecule has 3 heterocycles. The van der Waals surface area contributed by atoms with Crippen LogP contribution in [0.2, 0.25) is 0 Å². The number of ether oxygens (including phenoxy) is 1. The number of nitrogens with zero attached hydrogens (tertiary/aromatic N) is 4. The molecule has 28 heavy (non-hydrogen) atoms. The summed E-state index contributed by atoms with van der Waals surface area (Å²) in [6.07, 6.45) is 3.70. The lowest BCUT2D eigenvalue weighted by molar-refractivity contribution is 0.483. The van der Waals surface area contributed by atoms with Crippen LogP contribution >= 0.6 is 0 Å². The van der Waals surface area contributed by atoms with Crippen molar-refractivity contribution in [1.29, 1.82) is 0 Å². The van der Waals surface area contributed by atoms with Crippen LogP contribution in [0.5, 0.6) is 11.5 Å². The smallest absolute Gasteiger partial charge is 0.178 e. The predicted octanol–water partition coefficient (Wildman–Crippen LogP) is 4.82. The van der Waals surface area contributed by atoms with Gasteiger partial charge in [0.1, 0.15) is 23.0 Å². The first kappa shape index (κ1) is 16.3. The van der Waals surface area contributed by atoms with Crippen molar-refractivity contribution in [2.24, 2.45) is 7.05 Å². The maximum Gasteiger partial charge on any atom is 0.178 e. The first-order valence-corrected chi connectivity index (χ1v) is 8.94. The molecule has 0 bridgehead atoms. The molecular formula is C22H17N5O. The summed E-state index contributed by atoms with van der Waals surface area (Å²) in [5.41, 5.74) is 4.37. The number of imidazole rings is 1. The highest BCUT2D eigenvalue weighted by Crippen LogP contribution is 2.32. The molecule has 6 heteroatoms. The van der Waals surface area contributed by atoms with Crippen molar-refractivity contribution in [3.05, 3.63) is 79.1 Å². The summed E-state index contributed by atoms with van der Waals surface area (Å²) in [6.45, 7) is 0. The Labute approximate surface area is 161 Å². The lowest BCUT2D eigenvalue weighted by atomic mass is 10.1. The number of hydrogen-bond donors (Lipinski definition) is 1. The molecular weight excluding hydrogens is 350 g/mol. The molecule has 3 aromatic heterocycles. The number of rotatable bonds is 4. The molecule has 2 aromatic carbocycles. The second kappa shape index (κ2) is 6.66. The van der Waals surface area contributed by atoms with Crippen LogP contribution in [0.15, 0.2) is 79.1 Å². The molecule has 0 atom stereocenters. The first-order chi connectivity index (χ1) is 13.8. The molecule has 6 nitrogen and oxygen atoms in total. The Morgan fingerprint density at radius 2 is 1.68 bits per heavy atom. The second-order valence-corrected chi connectivity index (χ2v) is 6.46. The van der Waals surface area contributed by atoms with Crippen LogP contribution < -0.4 is 4.74 Å². The van der Waals surface area contributed by atoms with Crippen molar-refractivity contribution in [3.8, 4) is 34.1 Å². The van der Waals surface area contributed by atoms with Gasteiger partial charge >= 0.3 is 0 Å². The number of aromatic nitrogens is 5. The molecule has 0 spiro atoms. The van der Waals surface area contributed by atoms with Crippen LogP contribution in [-0.4, -0.2) is 24.7 Å². The molecule has 0 unspecified atom stereocenters. The fraction of sp³-hybridized carbons (Fsp3) is 0.0455. The lowest BCUT2D eigenvalue weighted by Crippen LogP contribution is -1.88. The van der Waals surface area contributed by atoms with Gasteiger partial charge in [-0.2, -0.15) is 5.10 Å². The highest BCUT2D eigenvalue weighted by atomic mass is 16.5. The summed E-state index contributed by atoms with van der Waals surface area (Å²) >= 11 is 0. The highest BCUT2D eigenvalue weighted by Gasteiger charge is 2.16. The van der Waals surface area contributed by atoms with E-state index in [0.29, 0.717) is 5.65 Å². The fourth-order valence-corrected chi connectivity index (χ4v) is 3.15. The Hall–Kier alpha value is -3.93. The van der Waals surface area contributed by atoms with Crippen LogP contribution in [-0.2, 0) is 7.05 Å². The maximum absolute atomic E-state index is 5.88. The minimum absolute atomic E-state index is 0.693. The quantitative estimate of drug-likeness (QED) is 0.494. The van der Waals surface area contributed by atoms with Gasteiger partial charge in [-0.3, -0.25) is 4.68 Å². The zero-order chi connectivity index (χ0) is 18.9. The molecule has 0 aliphatic carbocycles. The molecule has 0 aliphatic rings. The number of H-pyrrole nitrogens is 1. The summed E-state index contributed by atoms with van der Waals surface area (Å²) in [5, 5.41) is 4.64. The minimum Gasteiger partial charge on any atom is -0.457 e. The van der Waals surface area contributed by atoms with E-state index < -0.39 is 0 Å². The first-order valence-electron chi connectivity index (χ1n) is 8.94. The number of pyridine rings is 1. The predicted molar refractivity (Wildman–Crippen MR) is 108 cm³/mol. The van der Waals surface area contributed by atoms with E-state index in [-0.39, 0.29) is 0 Å². The van der Waals surface area contributed by atoms with Gasteiger partial charge in [0, 0.05) is 25.0 Å². The normalized spacial score (nSPS) is 11.0. The summed E-state index contributed by atoms with van der Waals surface area (Å²) in [7, 11) is 1.90. The van der Waals surface area contributed by atoms with Gasteiger partial charge in [0.25, 0.3) is 0 Å². The van der Waals surface area contributed by atoms with Gasteiger partial charge in [-0.1, -0.05) is 18.2 Å². The van der Waals surface area contributed by atoms with Crippen LogP contribution in [0.4, 0.5) is 0 Å². The Morgan fingerprint density at radius 1 is 0.893 bits per heavy atom. The van der Waals surface area contributed by atoms with E-state index in [1.807, 2.05) is 80.0 Å². The second-order valence-electron chi connectivity index (χ2n) is 6.46. The Balaban J connectivity index is 1.50. The van der Waals surface area contributed by atoms with Gasteiger partial charge in [0.15, 0.2) is 5.65 Å². The average molecular weight is 367 g/mol.